The Kier molecular flexibility index (Phi) is 5.71. The van der Waals surface area contributed by atoms with Crippen LogP contribution in [-0.2, 0) is 11.3 Å². The second kappa shape index (κ2) is 7.97. The number of amides is 1. The van der Waals surface area contributed by atoms with Gasteiger partial charge in [-0.3, -0.25) is 9.69 Å². The fourth-order valence-electron chi connectivity index (χ4n) is 2.96. The quantitative estimate of drug-likeness (QED) is 0.823. The number of rotatable bonds is 5. The van der Waals surface area contributed by atoms with E-state index < -0.39 is 0 Å². The van der Waals surface area contributed by atoms with Gasteiger partial charge in [0.25, 0.3) is 0 Å². The van der Waals surface area contributed by atoms with Crippen LogP contribution < -0.4 is 4.74 Å². The van der Waals surface area contributed by atoms with Crippen molar-refractivity contribution in [3.05, 3.63) is 34.7 Å². The minimum atomic E-state index is 0.0811. The third-order valence-corrected chi connectivity index (χ3v) is 5.31. The first-order valence-electron chi connectivity index (χ1n) is 8.67. The molecule has 1 aromatic carbocycles. The van der Waals surface area contributed by atoms with Crippen molar-refractivity contribution in [3.63, 3.8) is 0 Å². The van der Waals surface area contributed by atoms with Crippen molar-refractivity contribution in [3.8, 4) is 17.0 Å². The lowest BCUT2D eigenvalue weighted by Gasteiger charge is -2.35. The number of benzene rings is 1. The predicted molar refractivity (Wildman–Crippen MR) is 101 cm³/mol. The maximum atomic E-state index is 12.1. The zero-order chi connectivity index (χ0) is 17.8. The molecular weight excluding hydrogens is 334 g/mol. The van der Waals surface area contributed by atoms with Crippen molar-refractivity contribution in [2.75, 3.05) is 33.3 Å². The number of carbonyl (C=O) groups excluding carboxylic acids is 1. The number of methoxy groups -OCH3 is 1. The highest BCUT2D eigenvalue weighted by Crippen LogP contribution is 2.25. The van der Waals surface area contributed by atoms with E-state index in [0.717, 1.165) is 54.7 Å². The van der Waals surface area contributed by atoms with E-state index in [1.165, 1.54) is 0 Å². The lowest BCUT2D eigenvalue weighted by Crippen LogP contribution is -2.49. The molecule has 0 atom stereocenters. The fraction of sp³-hybridized carbons (Fsp3) is 0.474. The highest BCUT2D eigenvalue weighted by atomic mass is 32.1. The Hall–Kier alpha value is -1.92. The van der Waals surface area contributed by atoms with Crippen LogP contribution in [0.2, 0.25) is 0 Å². The third kappa shape index (κ3) is 4.38. The summed E-state index contributed by atoms with van der Waals surface area (Å²) in [7, 11) is 1.67. The molecule has 1 amide bonds. The van der Waals surface area contributed by atoms with Gasteiger partial charge in [-0.05, 0) is 24.3 Å². The van der Waals surface area contributed by atoms with Crippen LogP contribution in [0.4, 0.5) is 0 Å². The molecule has 0 bridgehead atoms. The van der Waals surface area contributed by atoms with E-state index in [-0.39, 0.29) is 11.8 Å². The number of piperazine rings is 1. The zero-order valence-corrected chi connectivity index (χ0v) is 15.9. The molecule has 1 saturated heterocycles. The monoisotopic (exact) mass is 359 g/mol. The topological polar surface area (TPSA) is 45.7 Å². The fourth-order valence-corrected chi connectivity index (χ4v) is 3.81. The molecular formula is C19H25N3O2S. The predicted octanol–water partition coefficient (Wildman–Crippen LogP) is 3.12. The molecule has 2 heterocycles. The van der Waals surface area contributed by atoms with Crippen molar-refractivity contribution < 1.29 is 9.53 Å². The summed E-state index contributed by atoms with van der Waals surface area (Å²) in [5, 5.41) is 3.23. The first kappa shape index (κ1) is 17.9. The normalized spacial score (nSPS) is 15.6. The van der Waals surface area contributed by atoms with E-state index in [9.17, 15) is 4.79 Å². The molecule has 1 aliphatic rings. The van der Waals surface area contributed by atoms with Gasteiger partial charge < -0.3 is 9.64 Å². The van der Waals surface area contributed by atoms with Crippen molar-refractivity contribution in [1.82, 2.24) is 14.8 Å². The van der Waals surface area contributed by atoms with E-state index in [2.05, 4.69) is 10.3 Å². The van der Waals surface area contributed by atoms with Gasteiger partial charge in [-0.1, -0.05) is 13.8 Å². The molecule has 0 radical (unpaired) electrons. The van der Waals surface area contributed by atoms with E-state index in [0.29, 0.717) is 0 Å². The summed E-state index contributed by atoms with van der Waals surface area (Å²) in [4.78, 5) is 21.2. The lowest BCUT2D eigenvalue weighted by atomic mass is 10.1. The molecule has 5 nitrogen and oxygen atoms in total. The van der Waals surface area contributed by atoms with Gasteiger partial charge in [0.1, 0.15) is 10.8 Å². The summed E-state index contributed by atoms with van der Waals surface area (Å²) in [5.41, 5.74) is 2.12. The van der Waals surface area contributed by atoms with Crippen LogP contribution >= 0.6 is 11.3 Å². The third-order valence-electron chi connectivity index (χ3n) is 4.47. The molecule has 1 aliphatic heterocycles. The number of aromatic nitrogens is 1. The minimum absolute atomic E-state index is 0.0811. The van der Waals surface area contributed by atoms with Crippen LogP contribution in [0.3, 0.4) is 0 Å². The molecule has 3 rings (SSSR count). The second-order valence-electron chi connectivity index (χ2n) is 6.61. The van der Waals surface area contributed by atoms with Gasteiger partial charge in [0.05, 0.1) is 19.3 Å². The van der Waals surface area contributed by atoms with Crippen molar-refractivity contribution >= 4 is 17.2 Å². The minimum Gasteiger partial charge on any atom is -0.497 e. The Morgan fingerprint density at radius 1 is 1.20 bits per heavy atom. The van der Waals surface area contributed by atoms with Crippen LogP contribution in [-0.4, -0.2) is 54.0 Å². The van der Waals surface area contributed by atoms with E-state index in [1.54, 1.807) is 18.4 Å². The highest BCUT2D eigenvalue weighted by Gasteiger charge is 2.23. The Labute approximate surface area is 153 Å². The maximum absolute atomic E-state index is 12.1. The smallest absolute Gasteiger partial charge is 0.225 e. The molecule has 1 fully saturated rings. The Balaban J connectivity index is 1.56. The van der Waals surface area contributed by atoms with Crippen LogP contribution in [0.5, 0.6) is 5.75 Å². The zero-order valence-electron chi connectivity index (χ0n) is 15.1. The van der Waals surface area contributed by atoms with Crippen LogP contribution in [0, 0.1) is 5.92 Å². The molecule has 1 aromatic heterocycles. The van der Waals surface area contributed by atoms with E-state index in [4.69, 9.17) is 9.72 Å². The summed E-state index contributed by atoms with van der Waals surface area (Å²) in [6.07, 6.45) is 0. The van der Waals surface area contributed by atoms with Gasteiger partial charge in [-0.25, -0.2) is 4.98 Å². The Bertz CT molecular complexity index is 704. The first-order valence-corrected chi connectivity index (χ1v) is 9.54. The number of ether oxygens (including phenoxy) is 1. The number of hydrogen-bond donors (Lipinski definition) is 0. The second-order valence-corrected chi connectivity index (χ2v) is 7.55. The van der Waals surface area contributed by atoms with Gasteiger partial charge in [-0.2, -0.15) is 0 Å². The van der Waals surface area contributed by atoms with Crippen molar-refractivity contribution in [2.24, 2.45) is 5.92 Å². The lowest BCUT2D eigenvalue weighted by molar-refractivity contribution is -0.136. The number of carbonyl (C=O) groups is 1. The molecule has 25 heavy (non-hydrogen) atoms. The maximum Gasteiger partial charge on any atom is 0.225 e. The molecule has 0 aliphatic carbocycles. The average molecular weight is 359 g/mol. The molecule has 0 N–H and O–H groups in total. The van der Waals surface area contributed by atoms with Gasteiger partial charge in [-0.15, -0.1) is 11.3 Å². The number of thiazole rings is 1. The molecule has 6 heteroatoms. The largest absolute Gasteiger partial charge is 0.497 e. The molecule has 134 valence electrons. The van der Waals surface area contributed by atoms with Crippen LogP contribution in [0.15, 0.2) is 29.6 Å². The van der Waals surface area contributed by atoms with Gasteiger partial charge in [0, 0.05) is 43.0 Å². The standard InChI is InChI=1S/C19H25N3O2S/c1-14(2)19(23)22-10-8-21(9-11-22)12-18-20-17(13-25-18)15-4-6-16(24-3)7-5-15/h4-7,13-14H,8-12H2,1-3H3. The van der Waals surface area contributed by atoms with Crippen LogP contribution in [0.25, 0.3) is 11.3 Å². The summed E-state index contributed by atoms with van der Waals surface area (Å²) in [6, 6.07) is 7.99. The molecule has 0 spiro atoms. The summed E-state index contributed by atoms with van der Waals surface area (Å²) in [6.45, 7) is 8.23. The van der Waals surface area contributed by atoms with E-state index in [1.807, 2.05) is 43.0 Å². The Morgan fingerprint density at radius 3 is 2.48 bits per heavy atom. The number of hydrogen-bond acceptors (Lipinski definition) is 5. The van der Waals surface area contributed by atoms with E-state index >= 15 is 0 Å². The van der Waals surface area contributed by atoms with Crippen molar-refractivity contribution in [1.29, 1.82) is 0 Å². The molecule has 2 aromatic rings. The van der Waals surface area contributed by atoms with Crippen molar-refractivity contribution in [2.45, 2.75) is 20.4 Å². The summed E-state index contributed by atoms with van der Waals surface area (Å²) in [5.74, 6) is 1.20. The summed E-state index contributed by atoms with van der Waals surface area (Å²) >= 11 is 1.70. The van der Waals surface area contributed by atoms with Crippen LogP contribution in [0.1, 0.15) is 18.9 Å². The van der Waals surface area contributed by atoms with Gasteiger partial charge in [0.2, 0.25) is 5.91 Å². The van der Waals surface area contributed by atoms with Gasteiger partial charge >= 0.3 is 0 Å². The molecule has 0 unspecified atom stereocenters. The number of nitrogens with zero attached hydrogens (tertiary/aromatic N) is 3. The first-order chi connectivity index (χ1) is 12.1. The average Bonchev–Trinajstić information content (AvgIpc) is 3.10. The molecule has 0 saturated carbocycles. The SMILES string of the molecule is COc1ccc(-c2csc(CN3CCN(C(=O)C(C)C)CC3)n2)cc1. The van der Waals surface area contributed by atoms with Gasteiger partial charge in [0.15, 0.2) is 0 Å². The Morgan fingerprint density at radius 2 is 1.88 bits per heavy atom. The summed E-state index contributed by atoms with van der Waals surface area (Å²) < 4.78 is 5.20. The highest BCUT2D eigenvalue weighted by molar-refractivity contribution is 7.09.